The highest BCUT2D eigenvalue weighted by atomic mass is 16.5. The maximum Gasteiger partial charge on any atom is 0.352 e. The monoisotopic (exact) mass is 398 g/mol. The first kappa shape index (κ1) is 20.7. The predicted molar refractivity (Wildman–Crippen MR) is 110 cm³/mol. The molecule has 9 heteroatoms. The molecule has 0 spiro atoms. The molecule has 29 heavy (non-hydrogen) atoms. The minimum Gasteiger partial charge on any atom is -0.494 e. The minimum absolute atomic E-state index is 0.0995. The summed E-state index contributed by atoms with van der Waals surface area (Å²) in [7, 11) is 5.45. The lowest BCUT2D eigenvalue weighted by molar-refractivity contribution is 0.281. The minimum atomic E-state index is -0.621. The largest absolute Gasteiger partial charge is 0.494 e. The molecule has 2 heterocycles. The molecule has 0 bridgehead atoms. The number of benzene rings is 1. The Morgan fingerprint density at radius 1 is 1.10 bits per heavy atom. The molecule has 0 fully saturated rings. The summed E-state index contributed by atoms with van der Waals surface area (Å²) in [6, 6.07) is 7.32. The lowest BCUT2D eigenvalue weighted by Crippen LogP contribution is -2.37. The Balaban J connectivity index is 1.94. The van der Waals surface area contributed by atoms with Gasteiger partial charge in [0, 0.05) is 25.2 Å². The van der Waals surface area contributed by atoms with Crippen LogP contribution in [-0.2, 0) is 7.05 Å². The summed E-state index contributed by atoms with van der Waals surface area (Å²) in [6.07, 6.45) is 0.939. The first-order valence-corrected chi connectivity index (χ1v) is 9.53. The molecule has 0 aromatic heterocycles. The van der Waals surface area contributed by atoms with E-state index in [0.717, 1.165) is 28.8 Å². The Labute approximate surface area is 168 Å². The van der Waals surface area contributed by atoms with Crippen LogP contribution in [0.15, 0.2) is 33.9 Å². The topological polar surface area (TPSA) is 95.1 Å². The van der Waals surface area contributed by atoms with E-state index in [9.17, 15) is 9.59 Å². The van der Waals surface area contributed by atoms with Crippen LogP contribution in [0.3, 0.4) is 0 Å². The Hall–Kier alpha value is -3.07. The van der Waals surface area contributed by atoms with Crippen molar-refractivity contribution in [1.82, 2.24) is 29.2 Å². The number of nitrogens with zero attached hydrogens (tertiary/aromatic N) is 6. The average Bonchev–Trinajstić information content (AvgIpc) is 2.69. The van der Waals surface area contributed by atoms with Crippen LogP contribution in [0.4, 0.5) is 0 Å². The molecule has 154 valence electrons. The van der Waals surface area contributed by atoms with Crippen LogP contribution in [0.25, 0.3) is 22.9 Å². The summed E-state index contributed by atoms with van der Waals surface area (Å²) < 4.78 is 8.27. The molecular weight excluding hydrogens is 372 g/mol. The Morgan fingerprint density at radius 2 is 1.79 bits per heavy atom. The van der Waals surface area contributed by atoms with Crippen LogP contribution < -0.4 is 16.0 Å². The molecule has 1 aromatic rings. The fourth-order valence-electron chi connectivity index (χ4n) is 2.85. The average molecular weight is 398 g/mol. The summed E-state index contributed by atoms with van der Waals surface area (Å²) in [5.41, 5.74) is -0.243. The first-order chi connectivity index (χ1) is 13.8. The zero-order valence-corrected chi connectivity index (χ0v) is 17.4. The summed E-state index contributed by atoms with van der Waals surface area (Å²) in [5, 5.41) is 4.52. The zero-order chi connectivity index (χ0) is 21.1. The van der Waals surface area contributed by atoms with Crippen LogP contribution in [0.5, 0.6) is 5.75 Å². The van der Waals surface area contributed by atoms with Gasteiger partial charge in [-0.2, -0.15) is 10.1 Å². The molecule has 2 aliphatic rings. The van der Waals surface area contributed by atoms with Crippen molar-refractivity contribution in [3.05, 3.63) is 45.1 Å². The number of aromatic nitrogens is 5. The molecule has 1 aromatic carbocycles. The molecule has 0 amide bonds. The van der Waals surface area contributed by atoms with Gasteiger partial charge in [0.2, 0.25) is 0 Å². The highest BCUT2D eigenvalue weighted by molar-refractivity contribution is 5.60. The number of ether oxygens (including phenoxy) is 1. The van der Waals surface area contributed by atoms with Crippen molar-refractivity contribution in [2.24, 2.45) is 7.05 Å². The van der Waals surface area contributed by atoms with Gasteiger partial charge in [0.05, 0.1) is 6.61 Å². The van der Waals surface area contributed by atoms with E-state index in [4.69, 9.17) is 4.74 Å². The zero-order valence-electron chi connectivity index (χ0n) is 17.4. The highest BCUT2D eigenvalue weighted by Crippen LogP contribution is 2.23. The fourth-order valence-corrected chi connectivity index (χ4v) is 2.85. The van der Waals surface area contributed by atoms with E-state index >= 15 is 0 Å². The third-order valence-electron chi connectivity index (χ3n) is 4.46. The molecule has 0 aliphatic carbocycles. The van der Waals surface area contributed by atoms with Crippen LogP contribution in [-0.4, -0.2) is 56.5 Å². The molecule has 0 saturated carbocycles. The molecule has 2 aliphatic heterocycles. The molecule has 0 unspecified atom stereocenters. The molecule has 0 radical (unpaired) electrons. The van der Waals surface area contributed by atoms with E-state index in [1.807, 2.05) is 52.2 Å². The number of rotatable bonds is 7. The Bertz CT molecular complexity index is 1070. The third kappa shape index (κ3) is 4.51. The second-order valence-electron chi connectivity index (χ2n) is 7.43. The lowest BCUT2D eigenvalue weighted by atomic mass is 10.2. The van der Waals surface area contributed by atoms with Gasteiger partial charge in [-0.3, -0.25) is 9.36 Å². The smallest absolute Gasteiger partial charge is 0.352 e. The SMILES string of the molecule is CC(C)n1nc(-c2ccc(OCCCN(C)C)cc2)nc2c(=O)n(C)c(=O)nc1-2. The van der Waals surface area contributed by atoms with Crippen LogP contribution >= 0.6 is 0 Å². The molecule has 0 saturated heterocycles. The molecule has 3 rings (SSSR count). The normalized spacial score (nSPS) is 11.6. The van der Waals surface area contributed by atoms with Crippen molar-refractivity contribution in [2.45, 2.75) is 26.3 Å². The molecule has 0 N–H and O–H groups in total. The predicted octanol–water partition coefficient (Wildman–Crippen LogP) is 1.42. The van der Waals surface area contributed by atoms with Gasteiger partial charge in [-0.25, -0.2) is 14.5 Å². The summed E-state index contributed by atoms with van der Waals surface area (Å²) >= 11 is 0. The number of hydrogen-bond acceptors (Lipinski definition) is 7. The summed E-state index contributed by atoms with van der Waals surface area (Å²) in [4.78, 5) is 35.0. The van der Waals surface area contributed by atoms with Crippen molar-refractivity contribution in [3.63, 3.8) is 0 Å². The highest BCUT2D eigenvalue weighted by Gasteiger charge is 2.22. The van der Waals surface area contributed by atoms with Crippen molar-refractivity contribution in [3.8, 4) is 28.7 Å². The van der Waals surface area contributed by atoms with Gasteiger partial charge in [-0.15, -0.1) is 0 Å². The van der Waals surface area contributed by atoms with Crippen molar-refractivity contribution in [1.29, 1.82) is 0 Å². The number of hydrogen-bond donors (Lipinski definition) is 0. The van der Waals surface area contributed by atoms with Crippen LogP contribution in [0.1, 0.15) is 26.3 Å². The van der Waals surface area contributed by atoms with E-state index in [1.165, 1.54) is 7.05 Å². The molecule has 9 nitrogen and oxygen atoms in total. The third-order valence-corrected chi connectivity index (χ3v) is 4.46. The quantitative estimate of drug-likeness (QED) is 0.555. The van der Waals surface area contributed by atoms with Crippen molar-refractivity contribution in [2.75, 3.05) is 27.2 Å². The van der Waals surface area contributed by atoms with E-state index in [2.05, 4.69) is 20.0 Å². The van der Waals surface area contributed by atoms with Crippen LogP contribution in [0.2, 0.25) is 0 Å². The number of fused-ring (bicyclic) bond motifs is 1. The van der Waals surface area contributed by atoms with Crippen molar-refractivity contribution < 1.29 is 4.74 Å². The van der Waals surface area contributed by atoms with E-state index in [0.29, 0.717) is 12.4 Å². The second kappa shape index (κ2) is 8.52. The van der Waals surface area contributed by atoms with Gasteiger partial charge in [0.1, 0.15) is 5.75 Å². The lowest BCUT2D eigenvalue weighted by Gasteiger charge is -2.17. The fraction of sp³-hybridized carbons (Fsp3) is 0.450. The van der Waals surface area contributed by atoms with E-state index in [-0.39, 0.29) is 17.6 Å². The second-order valence-corrected chi connectivity index (χ2v) is 7.43. The van der Waals surface area contributed by atoms with E-state index < -0.39 is 11.2 Å². The van der Waals surface area contributed by atoms with Gasteiger partial charge in [-0.05, 0) is 58.6 Å². The van der Waals surface area contributed by atoms with Gasteiger partial charge >= 0.3 is 5.69 Å². The Kier molecular flexibility index (Phi) is 6.07. The van der Waals surface area contributed by atoms with E-state index in [1.54, 1.807) is 4.68 Å². The van der Waals surface area contributed by atoms with Gasteiger partial charge in [0.25, 0.3) is 5.56 Å². The first-order valence-electron chi connectivity index (χ1n) is 9.53. The summed E-state index contributed by atoms with van der Waals surface area (Å²) in [5.74, 6) is 1.35. The molecule has 0 atom stereocenters. The maximum absolute atomic E-state index is 12.6. The van der Waals surface area contributed by atoms with Gasteiger partial charge in [0.15, 0.2) is 17.3 Å². The summed E-state index contributed by atoms with van der Waals surface area (Å²) in [6.45, 7) is 5.41. The Morgan fingerprint density at radius 3 is 2.41 bits per heavy atom. The molecular formula is C20H26N6O3. The maximum atomic E-state index is 12.6. The van der Waals surface area contributed by atoms with Crippen molar-refractivity contribution >= 4 is 0 Å². The van der Waals surface area contributed by atoms with Gasteiger partial charge in [-0.1, -0.05) is 0 Å². The standard InChI is InChI=1S/C20H26N6O3/c1-13(2)26-18-16(19(27)25(5)20(28)22-18)21-17(23-26)14-7-9-15(10-8-14)29-12-6-11-24(3)4/h7-10,13H,6,11-12H2,1-5H3. The van der Waals surface area contributed by atoms with Crippen LogP contribution in [0, 0.1) is 0 Å². The van der Waals surface area contributed by atoms with Gasteiger partial charge < -0.3 is 9.64 Å².